The number of benzene rings is 1. The van der Waals surface area contributed by atoms with E-state index in [4.69, 9.17) is 5.73 Å². The van der Waals surface area contributed by atoms with Crippen molar-refractivity contribution in [3.05, 3.63) is 66.1 Å². The molecule has 3 heterocycles. The van der Waals surface area contributed by atoms with Crippen LogP contribution in [0.5, 0.6) is 0 Å². The summed E-state index contributed by atoms with van der Waals surface area (Å²) in [7, 11) is 0. The molecule has 172 valence electrons. The number of anilines is 2. The van der Waals surface area contributed by atoms with Crippen LogP contribution in [-0.2, 0) is 11.0 Å². The molecule has 1 aromatic carbocycles. The average molecular weight is 458 g/mol. The van der Waals surface area contributed by atoms with Crippen molar-refractivity contribution in [2.24, 2.45) is 11.7 Å². The van der Waals surface area contributed by atoms with Crippen molar-refractivity contribution in [3.8, 4) is 5.69 Å². The van der Waals surface area contributed by atoms with Crippen LogP contribution in [0.1, 0.15) is 28.9 Å². The van der Waals surface area contributed by atoms with E-state index in [1.807, 2.05) is 0 Å². The van der Waals surface area contributed by atoms with Gasteiger partial charge in [0, 0.05) is 31.2 Å². The van der Waals surface area contributed by atoms with Crippen LogP contribution in [0.15, 0.2) is 54.9 Å². The predicted molar refractivity (Wildman–Crippen MR) is 115 cm³/mol. The number of carbonyl (C=O) groups excluding carboxylic acids is 2. The second-order valence-corrected chi connectivity index (χ2v) is 7.70. The van der Waals surface area contributed by atoms with Crippen LogP contribution in [0.3, 0.4) is 0 Å². The molecule has 0 aliphatic carbocycles. The Bertz CT molecular complexity index is 1160. The lowest BCUT2D eigenvalue weighted by molar-refractivity contribution is -0.137. The minimum atomic E-state index is -4.52. The molecule has 8 nitrogen and oxygen atoms in total. The lowest BCUT2D eigenvalue weighted by atomic mass is 9.96. The van der Waals surface area contributed by atoms with E-state index in [1.165, 1.54) is 27.9 Å². The lowest BCUT2D eigenvalue weighted by Crippen LogP contribution is -2.42. The van der Waals surface area contributed by atoms with Gasteiger partial charge in [-0.15, -0.1) is 0 Å². The molecule has 0 saturated carbocycles. The van der Waals surface area contributed by atoms with E-state index in [9.17, 15) is 22.8 Å². The van der Waals surface area contributed by atoms with Crippen LogP contribution >= 0.6 is 0 Å². The van der Waals surface area contributed by atoms with Crippen LogP contribution in [0.25, 0.3) is 5.69 Å². The summed E-state index contributed by atoms with van der Waals surface area (Å²) in [6.45, 7) is 0.545. The average Bonchev–Trinajstić information content (AvgIpc) is 3.30. The maximum atomic E-state index is 13.4. The summed E-state index contributed by atoms with van der Waals surface area (Å²) < 4.78 is 41.6. The fourth-order valence-electron chi connectivity index (χ4n) is 3.79. The molecular weight excluding hydrogens is 437 g/mol. The van der Waals surface area contributed by atoms with E-state index in [0.717, 1.165) is 6.07 Å². The van der Waals surface area contributed by atoms with E-state index >= 15 is 0 Å². The zero-order valence-corrected chi connectivity index (χ0v) is 17.4. The molecule has 1 atom stereocenters. The second-order valence-electron chi connectivity index (χ2n) is 7.70. The molecule has 3 aromatic rings. The summed E-state index contributed by atoms with van der Waals surface area (Å²) in [5, 5.41) is 6.89. The minimum absolute atomic E-state index is 0.135. The van der Waals surface area contributed by atoms with Crippen LogP contribution in [0.4, 0.5) is 24.7 Å². The first kappa shape index (κ1) is 22.3. The van der Waals surface area contributed by atoms with Gasteiger partial charge in [0.25, 0.3) is 5.91 Å². The van der Waals surface area contributed by atoms with E-state index in [0.29, 0.717) is 30.8 Å². The van der Waals surface area contributed by atoms with Gasteiger partial charge in [0.15, 0.2) is 0 Å². The van der Waals surface area contributed by atoms with Crippen molar-refractivity contribution < 1.29 is 22.8 Å². The molecule has 1 fully saturated rings. The van der Waals surface area contributed by atoms with Gasteiger partial charge in [-0.2, -0.15) is 18.3 Å². The van der Waals surface area contributed by atoms with E-state index in [-0.39, 0.29) is 24.0 Å². The van der Waals surface area contributed by atoms with Crippen LogP contribution in [0.2, 0.25) is 0 Å². The van der Waals surface area contributed by atoms with Gasteiger partial charge in [-0.05, 0) is 55.3 Å². The van der Waals surface area contributed by atoms with Crippen molar-refractivity contribution in [1.29, 1.82) is 0 Å². The minimum Gasteiger partial charge on any atom is -0.364 e. The number of amides is 2. The quantitative estimate of drug-likeness (QED) is 0.611. The molecule has 33 heavy (non-hydrogen) atoms. The first-order chi connectivity index (χ1) is 15.7. The molecule has 0 bridgehead atoms. The van der Waals surface area contributed by atoms with E-state index in [2.05, 4.69) is 15.4 Å². The third-order valence-electron chi connectivity index (χ3n) is 5.42. The number of nitrogens with two attached hydrogens (primary N) is 1. The highest BCUT2D eigenvalue weighted by Gasteiger charge is 2.37. The second kappa shape index (κ2) is 8.93. The van der Waals surface area contributed by atoms with Crippen molar-refractivity contribution in [2.75, 3.05) is 23.3 Å². The van der Waals surface area contributed by atoms with Gasteiger partial charge >= 0.3 is 6.18 Å². The number of carbonyl (C=O) groups is 2. The number of hydrogen-bond donors (Lipinski definition) is 2. The number of pyridine rings is 1. The zero-order chi connectivity index (χ0) is 23.6. The Morgan fingerprint density at radius 2 is 1.88 bits per heavy atom. The Morgan fingerprint density at radius 1 is 1.12 bits per heavy atom. The Labute approximate surface area is 187 Å². The molecule has 1 saturated heterocycles. The first-order valence-corrected chi connectivity index (χ1v) is 10.3. The van der Waals surface area contributed by atoms with Crippen molar-refractivity contribution >= 4 is 23.3 Å². The number of nitrogens with one attached hydrogen (secondary N) is 1. The third kappa shape index (κ3) is 4.97. The van der Waals surface area contributed by atoms with Crippen LogP contribution in [-0.4, -0.2) is 39.7 Å². The molecule has 1 unspecified atom stereocenters. The summed E-state index contributed by atoms with van der Waals surface area (Å²) in [4.78, 5) is 29.5. The van der Waals surface area contributed by atoms with Crippen LogP contribution in [0, 0.1) is 5.92 Å². The van der Waals surface area contributed by atoms with E-state index in [1.54, 1.807) is 30.5 Å². The third-order valence-corrected chi connectivity index (χ3v) is 5.42. The van der Waals surface area contributed by atoms with E-state index < -0.39 is 23.6 Å². The fourth-order valence-corrected chi connectivity index (χ4v) is 3.79. The molecule has 11 heteroatoms. The Morgan fingerprint density at radius 3 is 2.55 bits per heavy atom. The molecular formula is C22H21F3N6O2. The van der Waals surface area contributed by atoms with Crippen LogP contribution < -0.4 is 16.0 Å². The fraction of sp³-hybridized carbons (Fsp3) is 0.273. The van der Waals surface area contributed by atoms with Gasteiger partial charge in [0.2, 0.25) is 5.91 Å². The molecule has 2 amide bonds. The smallest absolute Gasteiger partial charge is 0.364 e. The highest BCUT2D eigenvalue weighted by Crippen LogP contribution is 2.36. The van der Waals surface area contributed by atoms with Gasteiger partial charge in [0.05, 0.1) is 17.2 Å². The number of halogens is 3. The Hall–Kier alpha value is -3.89. The number of alkyl halides is 3. The Balaban J connectivity index is 1.43. The van der Waals surface area contributed by atoms with Crippen molar-refractivity contribution in [3.63, 3.8) is 0 Å². The molecule has 3 N–H and O–H groups in total. The van der Waals surface area contributed by atoms with Gasteiger partial charge in [-0.1, -0.05) is 0 Å². The summed E-state index contributed by atoms with van der Waals surface area (Å²) in [5.41, 5.74) is 5.74. The maximum Gasteiger partial charge on any atom is 0.419 e. The maximum absolute atomic E-state index is 13.4. The number of nitrogens with zero attached hydrogens (tertiary/aromatic N) is 4. The monoisotopic (exact) mass is 458 g/mol. The summed E-state index contributed by atoms with van der Waals surface area (Å²) in [6.07, 6.45) is -0.462. The van der Waals surface area contributed by atoms with Gasteiger partial charge < -0.3 is 16.0 Å². The summed E-state index contributed by atoms with van der Waals surface area (Å²) in [5.74, 6) is -1.54. The molecule has 0 radical (unpaired) electrons. The highest BCUT2D eigenvalue weighted by atomic mass is 19.4. The molecule has 1 aliphatic rings. The summed E-state index contributed by atoms with van der Waals surface area (Å²) >= 11 is 0. The highest BCUT2D eigenvalue weighted by molar-refractivity contribution is 5.93. The normalized spacial score (nSPS) is 16.5. The SMILES string of the molecule is NC(=O)c1ccn(-c2ccc(NC(=O)C3CCCN(c4ncccc4C(F)(F)F)C3)cc2)n1. The molecule has 0 spiro atoms. The summed E-state index contributed by atoms with van der Waals surface area (Å²) in [6, 6.07) is 10.5. The molecule has 4 rings (SSSR count). The number of aromatic nitrogens is 3. The topological polar surface area (TPSA) is 106 Å². The zero-order valence-electron chi connectivity index (χ0n) is 17.4. The number of piperidine rings is 1. The van der Waals surface area contributed by atoms with Crippen molar-refractivity contribution in [1.82, 2.24) is 14.8 Å². The molecule has 2 aromatic heterocycles. The van der Waals surface area contributed by atoms with Gasteiger partial charge in [0.1, 0.15) is 11.5 Å². The number of primary amides is 1. The van der Waals surface area contributed by atoms with Gasteiger partial charge in [-0.25, -0.2) is 9.67 Å². The Kier molecular flexibility index (Phi) is 6.03. The first-order valence-electron chi connectivity index (χ1n) is 10.3. The standard InChI is InChI=1S/C22H21F3N6O2/c23-22(24,25)17-4-1-10-27-20(17)30-11-2-3-14(13-30)21(33)28-15-5-7-16(8-6-15)31-12-9-18(29-31)19(26)32/h1,4-10,12,14H,2-3,11,13H2,(H2,26,32)(H,28,33). The molecule has 1 aliphatic heterocycles. The number of rotatable bonds is 5. The predicted octanol–water partition coefficient (Wildman–Crippen LogP) is 3.24. The van der Waals surface area contributed by atoms with Gasteiger partial charge in [-0.3, -0.25) is 9.59 Å². The van der Waals surface area contributed by atoms with Crippen molar-refractivity contribution in [2.45, 2.75) is 19.0 Å². The largest absolute Gasteiger partial charge is 0.419 e. The lowest BCUT2D eigenvalue weighted by Gasteiger charge is -2.34. The number of hydrogen-bond acceptors (Lipinski definition) is 5.